The van der Waals surface area contributed by atoms with Crippen LogP contribution in [-0.2, 0) is 14.3 Å². The average molecular weight is 387 g/mol. The van der Waals surface area contributed by atoms with Gasteiger partial charge in [0.15, 0.2) is 6.04 Å². The molecule has 1 aromatic carbocycles. The van der Waals surface area contributed by atoms with Crippen LogP contribution >= 0.6 is 0 Å². The SMILES string of the molecule is COCC1(C(=O)O)CCN(C(=O)C(C(C)C)n2nnc(-c3ccccc3)n2)C1. The van der Waals surface area contributed by atoms with E-state index in [1.54, 1.807) is 4.90 Å². The molecule has 2 atom stereocenters. The van der Waals surface area contributed by atoms with Crippen molar-refractivity contribution in [2.75, 3.05) is 26.8 Å². The number of tetrazole rings is 1. The van der Waals surface area contributed by atoms with E-state index in [0.717, 1.165) is 5.56 Å². The Labute approximate surface area is 163 Å². The standard InChI is InChI=1S/C19H25N5O4/c1-13(2)15(24-21-16(20-22-24)14-7-5-4-6-8-14)17(25)23-10-9-19(11-23,12-28-3)18(26)27/h4-8,13,15H,9-12H2,1-3H3,(H,26,27). The van der Waals surface area contributed by atoms with Crippen molar-refractivity contribution >= 4 is 11.9 Å². The van der Waals surface area contributed by atoms with Gasteiger partial charge in [-0.25, -0.2) is 0 Å². The van der Waals surface area contributed by atoms with E-state index in [1.165, 1.54) is 11.9 Å². The molecule has 0 spiro atoms. The minimum Gasteiger partial charge on any atom is -0.481 e. The number of carboxylic acids is 1. The Kier molecular flexibility index (Phi) is 5.73. The van der Waals surface area contributed by atoms with Crippen molar-refractivity contribution in [2.45, 2.75) is 26.3 Å². The number of nitrogens with zero attached hydrogens (tertiary/aromatic N) is 5. The van der Waals surface area contributed by atoms with Crippen LogP contribution in [0.3, 0.4) is 0 Å². The molecule has 0 saturated carbocycles. The van der Waals surface area contributed by atoms with Crippen molar-refractivity contribution in [3.63, 3.8) is 0 Å². The number of rotatable bonds is 7. The lowest BCUT2D eigenvalue weighted by atomic mass is 9.88. The number of amides is 1. The zero-order valence-corrected chi connectivity index (χ0v) is 16.3. The number of methoxy groups -OCH3 is 1. The second kappa shape index (κ2) is 8.05. The maximum absolute atomic E-state index is 13.2. The lowest BCUT2D eigenvalue weighted by Gasteiger charge is -2.27. The number of likely N-dealkylation sites (tertiary alicyclic amines) is 1. The third-order valence-corrected chi connectivity index (χ3v) is 5.13. The molecular weight excluding hydrogens is 362 g/mol. The molecule has 3 rings (SSSR count). The Morgan fingerprint density at radius 3 is 2.61 bits per heavy atom. The van der Waals surface area contributed by atoms with Crippen LogP contribution in [0.25, 0.3) is 11.4 Å². The van der Waals surface area contributed by atoms with Crippen molar-refractivity contribution in [1.29, 1.82) is 0 Å². The second-order valence-electron chi connectivity index (χ2n) is 7.52. The molecule has 0 aliphatic carbocycles. The van der Waals surface area contributed by atoms with Crippen LogP contribution in [0, 0.1) is 11.3 Å². The van der Waals surface area contributed by atoms with Gasteiger partial charge < -0.3 is 14.7 Å². The lowest BCUT2D eigenvalue weighted by Crippen LogP contribution is -2.43. The Bertz CT molecular complexity index is 838. The fourth-order valence-electron chi connectivity index (χ4n) is 3.57. The largest absolute Gasteiger partial charge is 0.481 e. The number of aliphatic carboxylic acids is 1. The molecule has 0 bridgehead atoms. The maximum atomic E-state index is 13.2. The van der Waals surface area contributed by atoms with Gasteiger partial charge in [-0.1, -0.05) is 44.2 Å². The van der Waals surface area contributed by atoms with Gasteiger partial charge in [0.25, 0.3) is 0 Å². The molecule has 28 heavy (non-hydrogen) atoms. The van der Waals surface area contributed by atoms with Crippen molar-refractivity contribution in [3.05, 3.63) is 30.3 Å². The average Bonchev–Trinajstić information content (AvgIpc) is 3.31. The Balaban J connectivity index is 1.83. The van der Waals surface area contributed by atoms with Crippen LogP contribution in [0.5, 0.6) is 0 Å². The minimum absolute atomic E-state index is 0.0676. The summed E-state index contributed by atoms with van der Waals surface area (Å²) in [5.74, 6) is -0.797. The van der Waals surface area contributed by atoms with Crippen LogP contribution < -0.4 is 0 Å². The van der Waals surface area contributed by atoms with Gasteiger partial charge >= 0.3 is 5.97 Å². The number of hydrogen-bond acceptors (Lipinski definition) is 6. The van der Waals surface area contributed by atoms with E-state index in [9.17, 15) is 14.7 Å². The third-order valence-electron chi connectivity index (χ3n) is 5.13. The molecule has 2 heterocycles. The molecule has 1 amide bonds. The van der Waals surface area contributed by atoms with Gasteiger partial charge in [0.1, 0.15) is 5.41 Å². The van der Waals surface area contributed by atoms with Crippen molar-refractivity contribution < 1.29 is 19.4 Å². The summed E-state index contributed by atoms with van der Waals surface area (Å²) in [5.41, 5.74) is -0.258. The summed E-state index contributed by atoms with van der Waals surface area (Å²) >= 11 is 0. The summed E-state index contributed by atoms with van der Waals surface area (Å²) in [6.45, 7) is 4.35. The first-order valence-electron chi connectivity index (χ1n) is 9.24. The van der Waals surface area contributed by atoms with E-state index < -0.39 is 17.4 Å². The van der Waals surface area contributed by atoms with E-state index in [0.29, 0.717) is 18.8 Å². The number of ether oxygens (including phenoxy) is 1. The highest BCUT2D eigenvalue weighted by Gasteiger charge is 2.48. The van der Waals surface area contributed by atoms with Gasteiger partial charge in [-0.2, -0.15) is 4.80 Å². The Morgan fingerprint density at radius 2 is 2.00 bits per heavy atom. The second-order valence-corrected chi connectivity index (χ2v) is 7.52. The fraction of sp³-hybridized carbons (Fsp3) is 0.526. The highest BCUT2D eigenvalue weighted by Crippen LogP contribution is 2.33. The Morgan fingerprint density at radius 1 is 1.29 bits per heavy atom. The Hall–Kier alpha value is -2.81. The molecule has 2 aromatic rings. The molecule has 9 heteroatoms. The van der Waals surface area contributed by atoms with Crippen LogP contribution in [0.15, 0.2) is 30.3 Å². The fourth-order valence-corrected chi connectivity index (χ4v) is 3.57. The third kappa shape index (κ3) is 3.75. The van der Waals surface area contributed by atoms with Crippen molar-refractivity contribution in [2.24, 2.45) is 11.3 Å². The van der Waals surface area contributed by atoms with Crippen molar-refractivity contribution in [1.82, 2.24) is 25.1 Å². The normalized spacial score (nSPS) is 20.5. The summed E-state index contributed by atoms with van der Waals surface area (Å²) < 4.78 is 5.10. The van der Waals surface area contributed by atoms with E-state index in [4.69, 9.17) is 4.74 Å². The first-order valence-corrected chi connectivity index (χ1v) is 9.24. The monoisotopic (exact) mass is 387 g/mol. The summed E-state index contributed by atoms with van der Waals surface area (Å²) in [7, 11) is 1.47. The van der Waals surface area contributed by atoms with Crippen LogP contribution in [0.2, 0.25) is 0 Å². The van der Waals surface area contributed by atoms with Crippen LogP contribution in [0.1, 0.15) is 26.3 Å². The van der Waals surface area contributed by atoms with E-state index in [-0.39, 0.29) is 25.0 Å². The van der Waals surface area contributed by atoms with Gasteiger partial charge in [0.05, 0.1) is 6.61 Å². The zero-order chi connectivity index (χ0) is 20.3. The maximum Gasteiger partial charge on any atom is 0.313 e. The minimum atomic E-state index is -1.07. The zero-order valence-electron chi connectivity index (χ0n) is 16.3. The molecular formula is C19H25N5O4. The number of carbonyl (C=O) groups excluding carboxylic acids is 1. The molecule has 1 aliphatic heterocycles. The lowest BCUT2D eigenvalue weighted by molar-refractivity contribution is -0.152. The van der Waals surface area contributed by atoms with Crippen molar-refractivity contribution in [3.8, 4) is 11.4 Å². The van der Waals surface area contributed by atoms with Crippen LogP contribution in [0.4, 0.5) is 0 Å². The first-order chi connectivity index (χ1) is 13.4. The van der Waals surface area contributed by atoms with Gasteiger partial charge in [0.2, 0.25) is 11.7 Å². The van der Waals surface area contributed by atoms with Gasteiger partial charge in [0, 0.05) is 25.8 Å². The highest BCUT2D eigenvalue weighted by molar-refractivity contribution is 5.83. The molecule has 1 saturated heterocycles. The summed E-state index contributed by atoms with van der Waals surface area (Å²) in [4.78, 5) is 27.9. The molecule has 1 N–H and O–H groups in total. The highest BCUT2D eigenvalue weighted by atomic mass is 16.5. The predicted octanol–water partition coefficient (Wildman–Crippen LogP) is 1.49. The topological polar surface area (TPSA) is 110 Å². The smallest absolute Gasteiger partial charge is 0.313 e. The van der Waals surface area contributed by atoms with Gasteiger partial charge in [-0.3, -0.25) is 9.59 Å². The molecule has 2 unspecified atom stereocenters. The number of carboxylic acid groups (broad SMARTS) is 1. The van der Waals surface area contributed by atoms with Crippen LogP contribution in [-0.4, -0.2) is 68.9 Å². The number of carbonyl (C=O) groups is 2. The summed E-state index contributed by atoms with van der Waals surface area (Å²) in [6.07, 6.45) is 0.354. The van der Waals surface area contributed by atoms with Gasteiger partial charge in [-0.15, -0.1) is 10.2 Å². The first kappa shape index (κ1) is 19.9. The molecule has 0 radical (unpaired) electrons. The molecule has 1 aliphatic rings. The van der Waals surface area contributed by atoms with E-state index in [1.807, 2.05) is 44.2 Å². The summed E-state index contributed by atoms with van der Waals surface area (Å²) in [5, 5.41) is 22.2. The molecule has 1 fully saturated rings. The van der Waals surface area contributed by atoms with E-state index in [2.05, 4.69) is 15.4 Å². The predicted molar refractivity (Wildman–Crippen MR) is 100 cm³/mol. The molecule has 9 nitrogen and oxygen atoms in total. The molecule has 1 aromatic heterocycles. The number of hydrogen-bond donors (Lipinski definition) is 1. The number of aromatic nitrogens is 4. The summed E-state index contributed by atoms with van der Waals surface area (Å²) in [6, 6.07) is 8.76. The molecule has 150 valence electrons. The van der Waals surface area contributed by atoms with Gasteiger partial charge in [-0.05, 0) is 17.6 Å². The quantitative estimate of drug-likeness (QED) is 0.766. The number of benzene rings is 1. The van der Waals surface area contributed by atoms with E-state index >= 15 is 0 Å².